The molecule has 0 N–H and O–H groups in total. The summed E-state index contributed by atoms with van der Waals surface area (Å²) in [6, 6.07) is 9.69. The number of hydrogen-bond donors (Lipinski definition) is 0. The van der Waals surface area contributed by atoms with Crippen molar-refractivity contribution >= 4 is 23.2 Å². The molecule has 0 aliphatic rings. The number of nitrogens with zero attached hydrogens (tertiary/aromatic N) is 3. The zero-order chi connectivity index (χ0) is 20.6. The van der Waals surface area contributed by atoms with Gasteiger partial charge in [0.15, 0.2) is 6.61 Å². The highest BCUT2D eigenvalue weighted by molar-refractivity contribution is 7.13. The summed E-state index contributed by atoms with van der Waals surface area (Å²) in [6.07, 6.45) is 0.475. The van der Waals surface area contributed by atoms with Crippen molar-refractivity contribution in [3.8, 4) is 10.8 Å². The molecular weight excluding hydrogens is 397 g/mol. The van der Waals surface area contributed by atoms with Crippen molar-refractivity contribution in [2.45, 2.75) is 26.3 Å². The van der Waals surface area contributed by atoms with E-state index in [2.05, 4.69) is 10.2 Å². The van der Waals surface area contributed by atoms with E-state index in [4.69, 9.17) is 9.15 Å². The van der Waals surface area contributed by atoms with Gasteiger partial charge in [-0.3, -0.25) is 9.59 Å². The fourth-order valence-corrected chi connectivity index (χ4v) is 3.27. The molecule has 3 aromatic rings. The van der Waals surface area contributed by atoms with Crippen LogP contribution in [0.5, 0.6) is 0 Å². The lowest BCUT2D eigenvalue weighted by atomic mass is 10.1. The fourth-order valence-electron chi connectivity index (χ4n) is 2.62. The van der Waals surface area contributed by atoms with Crippen molar-refractivity contribution in [1.82, 2.24) is 15.1 Å². The summed E-state index contributed by atoms with van der Waals surface area (Å²) in [5.41, 5.74) is 0.224. The van der Waals surface area contributed by atoms with Gasteiger partial charge in [0.2, 0.25) is 5.89 Å². The molecule has 0 atom stereocenters. The number of carbonyl (C=O) groups excluding carboxylic acids is 2. The van der Waals surface area contributed by atoms with Gasteiger partial charge in [0.25, 0.3) is 11.8 Å². The van der Waals surface area contributed by atoms with Crippen molar-refractivity contribution in [1.29, 1.82) is 0 Å². The first-order valence-corrected chi connectivity index (χ1v) is 9.98. The fraction of sp³-hybridized carbons (Fsp3) is 0.300. The van der Waals surface area contributed by atoms with E-state index in [-0.39, 0.29) is 24.4 Å². The minimum absolute atomic E-state index is 0.121. The normalized spacial score (nSPS) is 10.7. The van der Waals surface area contributed by atoms with Crippen molar-refractivity contribution < 1.29 is 23.1 Å². The molecule has 1 amide bonds. The van der Waals surface area contributed by atoms with Crippen LogP contribution in [0.1, 0.15) is 24.8 Å². The topological polar surface area (TPSA) is 85.5 Å². The summed E-state index contributed by atoms with van der Waals surface area (Å²) in [6.45, 7) is 2.06. The van der Waals surface area contributed by atoms with Crippen LogP contribution in [0.15, 0.2) is 46.2 Å². The molecule has 0 saturated carbocycles. The van der Waals surface area contributed by atoms with Gasteiger partial charge in [-0.1, -0.05) is 31.2 Å². The molecule has 2 heterocycles. The first-order valence-electron chi connectivity index (χ1n) is 9.10. The molecule has 0 fully saturated rings. The van der Waals surface area contributed by atoms with E-state index in [1.54, 1.807) is 6.07 Å². The number of esters is 1. The Hall–Kier alpha value is -3.07. The molecule has 0 unspecified atom stereocenters. The van der Waals surface area contributed by atoms with Crippen LogP contribution in [0.4, 0.5) is 4.39 Å². The second-order valence-corrected chi connectivity index (χ2v) is 7.17. The van der Waals surface area contributed by atoms with Gasteiger partial charge in [-0.25, -0.2) is 4.39 Å². The van der Waals surface area contributed by atoms with E-state index < -0.39 is 18.4 Å². The van der Waals surface area contributed by atoms with Crippen LogP contribution < -0.4 is 0 Å². The Morgan fingerprint density at radius 1 is 1.21 bits per heavy atom. The third-order valence-electron chi connectivity index (χ3n) is 4.02. The number of hydrogen-bond acceptors (Lipinski definition) is 7. The summed E-state index contributed by atoms with van der Waals surface area (Å²) in [7, 11) is 0. The maximum atomic E-state index is 13.6. The van der Waals surface area contributed by atoms with Crippen molar-refractivity contribution in [2.75, 3.05) is 13.2 Å². The predicted octanol–water partition coefficient (Wildman–Crippen LogP) is 3.46. The molecule has 0 radical (unpaired) electrons. The Bertz CT molecular complexity index is 958. The van der Waals surface area contributed by atoms with E-state index >= 15 is 0 Å². The molecule has 9 heteroatoms. The summed E-state index contributed by atoms with van der Waals surface area (Å²) in [5, 5.41) is 9.88. The van der Waals surface area contributed by atoms with Crippen LogP contribution in [-0.2, 0) is 27.3 Å². The van der Waals surface area contributed by atoms with Gasteiger partial charge >= 0.3 is 5.97 Å². The maximum absolute atomic E-state index is 13.6. The molecule has 29 heavy (non-hydrogen) atoms. The largest absolute Gasteiger partial charge is 0.455 e. The number of rotatable bonds is 9. The van der Waals surface area contributed by atoms with Gasteiger partial charge in [-0.15, -0.1) is 21.5 Å². The van der Waals surface area contributed by atoms with Crippen LogP contribution in [0.3, 0.4) is 0 Å². The van der Waals surface area contributed by atoms with Crippen LogP contribution >= 0.6 is 11.3 Å². The summed E-state index contributed by atoms with van der Waals surface area (Å²) in [5.74, 6) is -0.841. The summed E-state index contributed by atoms with van der Waals surface area (Å²) < 4.78 is 24.3. The van der Waals surface area contributed by atoms with Gasteiger partial charge in [0, 0.05) is 6.54 Å². The van der Waals surface area contributed by atoms with Crippen LogP contribution in [0, 0.1) is 5.82 Å². The van der Waals surface area contributed by atoms with Gasteiger partial charge in [0.1, 0.15) is 5.82 Å². The van der Waals surface area contributed by atoms with E-state index in [9.17, 15) is 14.0 Å². The Kier molecular flexibility index (Phi) is 7.07. The Morgan fingerprint density at radius 2 is 2.03 bits per heavy atom. The number of amides is 1. The minimum atomic E-state index is -0.669. The highest BCUT2D eigenvalue weighted by Crippen LogP contribution is 2.23. The molecule has 7 nitrogen and oxygen atoms in total. The summed E-state index contributed by atoms with van der Waals surface area (Å²) >= 11 is 1.48. The molecule has 2 aromatic heterocycles. The lowest BCUT2D eigenvalue weighted by Crippen LogP contribution is -2.35. The van der Waals surface area contributed by atoms with E-state index in [1.807, 2.05) is 24.4 Å². The van der Waals surface area contributed by atoms with Gasteiger partial charge < -0.3 is 14.1 Å². The number of benzene rings is 1. The third kappa shape index (κ3) is 5.71. The van der Waals surface area contributed by atoms with Crippen molar-refractivity contribution in [3.05, 3.63) is 59.0 Å². The maximum Gasteiger partial charge on any atom is 0.310 e. The molecule has 1 aromatic carbocycles. The average Bonchev–Trinajstić information content (AvgIpc) is 3.39. The average molecular weight is 417 g/mol. The van der Waals surface area contributed by atoms with Gasteiger partial charge in [-0.2, -0.15) is 0 Å². The van der Waals surface area contributed by atoms with E-state index in [0.717, 1.165) is 4.88 Å². The smallest absolute Gasteiger partial charge is 0.310 e. The Morgan fingerprint density at radius 3 is 2.76 bits per heavy atom. The first kappa shape index (κ1) is 20.7. The summed E-state index contributed by atoms with van der Waals surface area (Å²) in [4.78, 5) is 26.8. The molecule has 152 valence electrons. The number of carbonyl (C=O) groups is 2. The van der Waals surface area contributed by atoms with Crippen molar-refractivity contribution in [2.24, 2.45) is 0 Å². The highest BCUT2D eigenvalue weighted by atomic mass is 32.1. The monoisotopic (exact) mass is 417 g/mol. The molecular formula is C20H20FN3O4S. The van der Waals surface area contributed by atoms with E-state index in [0.29, 0.717) is 24.7 Å². The zero-order valence-corrected chi connectivity index (χ0v) is 16.7. The van der Waals surface area contributed by atoms with E-state index in [1.165, 1.54) is 34.4 Å². The molecule has 3 rings (SSSR count). The predicted molar refractivity (Wildman–Crippen MR) is 104 cm³/mol. The molecule has 0 aliphatic carbocycles. The minimum Gasteiger partial charge on any atom is -0.455 e. The van der Waals surface area contributed by atoms with Gasteiger partial charge in [-0.05, 0) is 29.5 Å². The molecule has 0 bridgehead atoms. The van der Waals surface area contributed by atoms with Crippen LogP contribution in [-0.4, -0.2) is 40.1 Å². The Balaban J connectivity index is 1.55. The third-order valence-corrected chi connectivity index (χ3v) is 4.88. The van der Waals surface area contributed by atoms with Gasteiger partial charge in [0.05, 0.1) is 17.8 Å². The first-order chi connectivity index (χ1) is 14.1. The molecule has 0 aliphatic heterocycles. The van der Waals surface area contributed by atoms with Crippen molar-refractivity contribution in [3.63, 3.8) is 0 Å². The highest BCUT2D eigenvalue weighted by Gasteiger charge is 2.19. The number of thiophene rings is 1. The standard InChI is InChI=1S/C20H20FN3O4S/c1-2-9-24(12-17-22-23-20(28-17)16-8-5-10-29-16)18(25)13-27-19(26)11-14-6-3-4-7-15(14)21/h3-8,10H,2,9,11-13H2,1H3. The second-order valence-electron chi connectivity index (χ2n) is 6.22. The molecule has 0 saturated heterocycles. The molecule has 0 spiro atoms. The number of aromatic nitrogens is 2. The van der Waals surface area contributed by atoms with Crippen LogP contribution in [0.25, 0.3) is 10.8 Å². The second kappa shape index (κ2) is 9.92. The lowest BCUT2D eigenvalue weighted by Gasteiger charge is -2.20. The number of ether oxygens (including phenoxy) is 1. The zero-order valence-electron chi connectivity index (χ0n) is 15.8. The quantitative estimate of drug-likeness (QED) is 0.496. The Labute approximate surface area is 171 Å². The number of halogens is 1. The lowest BCUT2D eigenvalue weighted by molar-refractivity contribution is -0.151. The SMILES string of the molecule is CCCN(Cc1nnc(-c2cccs2)o1)C(=O)COC(=O)Cc1ccccc1F. The van der Waals surface area contributed by atoms with Crippen LogP contribution in [0.2, 0.25) is 0 Å².